The van der Waals surface area contributed by atoms with Crippen molar-refractivity contribution in [3.63, 3.8) is 0 Å². The standard InChI is InChI=1S/C16H18OS/c17-14-8-7-13-10-15(18-16(13)11-14)9-12-5-3-1-2-4-6-12/h7-11,17H,1-6H2. The summed E-state index contributed by atoms with van der Waals surface area (Å²) in [6.45, 7) is 0. The predicted octanol–water partition coefficient (Wildman–Crippen LogP) is 5.34. The van der Waals surface area contributed by atoms with Gasteiger partial charge in [0.2, 0.25) is 0 Å². The Morgan fingerprint density at radius 3 is 2.56 bits per heavy atom. The second kappa shape index (κ2) is 5.15. The summed E-state index contributed by atoms with van der Waals surface area (Å²) in [6.07, 6.45) is 10.4. The molecule has 1 nitrogen and oxygen atoms in total. The summed E-state index contributed by atoms with van der Waals surface area (Å²) in [5.41, 5.74) is 1.60. The van der Waals surface area contributed by atoms with Crippen LogP contribution in [-0.4, -0.2) is 5.11 Å². The Kier molecular flexibility index (Phi) is 3.37. The fourth-order valence-electron chi connectivity index (χ4n) is 2.64. The van der Waals surface area contributed by atoms with Gasteiger partial charge in [-0.2, -0.15) is 0 Å². The lowest BCUT2D eigenvalue weighted by molar-refractivity contribution is 0.476. The number of fused-ring (bicyclic) bond motifs is 1. The Morgan fingerprint density at radius 2 is 1.78 bits per heavy atom. The van der Waals surface area contributed by atoms with Crippen LogP contribution in [0, 0.1) is 0 Å². The molecule has 0 spiro atoms. The first kappa shape index (κ1) is 11.8. The fourth-order valence-corrected chi connectivity index (χ4v) is 3.73. The third-order valence-corrected chi connectivity index (χ3v) is 4.66. The summed E-state index contributed by atoms with van der Waals surface area (Å²) in [5, 5.41) is 10.7. The van der Waals surface area contributed by atoms with Gasteiger partial charge in [-0.25, -0.2) is 0 Å². The van der Waals surface area contributed by atoms with Crippen LogP contribution in [0.2, 0.25) is 0 Å². The topological polar surface area (TPSA) is 20.2 Å². The maximum Gasteiger partial charge on any atom is 0.117 e. The molecule has 1 aromatic heterocycles. The van der Waals surface area contributed by atoms with Gasteiger partial charge in [-0.05, 0) is 61.4 Å². The third-order valence-electron chi connectivity index (χ3n) is 3.61. The van der Waals surface area contributed by atoms with Crippen molar-refractivity contribution in [2.24, 2.45) is 0 Å². The highest BCUT2D eigenvalue weighted by atomic mass is 32.1. The molecule has 0 radical (unpaired) electrons. The molecule has 0 bridgehead atoms. The van der Waals surface area contributed by atoms with Crippen molar-refractivity contribution in [1.29, 1.82) is 0 Å². The van der Waals surface area contributed by atoms with Gasteiger partial charge in [0.15, 0.2) is 0 Å². The van der Waals surface area contributed by atoms with Crippen molar-refractivity contribution >= 4 is 27.5 Å². The first-order valence-corrected chi connectivity index (χ1v) is 7.55. The Bertz CT molecular complexity index is 570. The van der Waals surface area contributed by atoms with Crippen molar-refractivity contribution in [3.8, 4) is 5.75 Å². The smallest absolute Gasteiger partial charge is 0.117 e. The molecular weight excluding hydrogens is 240 g/mol. The highest BCUT2D eigenvalue weighted by molar-refractivity contribution is 7.19. The Morgan fingerprint density at radius 1 is 1.00 bits per heavy atom. The first-order valence-electron chi connectivity index (χ1n) is 6.73. The van der Waals surface area contributed by atoms with Crippen molar-refractivity contribution in [2.75, 3.05) is 0 Å². The second-order valence-corrected chi connectivity index (χ2v) is 6.20. The van der Waals surface area contributed by atoms with Crippen LogP contribution in [0.25, 0.3) is 16.2 Å². The zero-order valence-electron chi connectivity index (χ0n) is 10.5. The van der Waals surface area contributed by atoms with E-state index in [9.17, 15) is 5.11 Å². The van der Waals surface area contributed by atoms with E-state index >= 15 is 0 Å². The van der Waals surface area contributed by atoms with Crippen LogP contribution in [-0.2, 0) is 0 Å². The van der Waals surface area contributed by atoms with Crippen LogP contribution >= 0.6 is 11.3 Å². The molecule has 1 aliphatic carbocycles. The van der Waals surface area contributed by atoms with Crippen molar-refractivity contribution in [1.82, 2.24) is 0 Å². The van der Waals surface area contributed by atoms with Gasteiger partial charge in [0.05, 0.1) is 0 Å². The largest absolute Gasteiger partial charge is 0.508 e. The van der Waals surface area contributed by atoms with Gasteiger partial charge < -0.3 is 5.11 Å². The van der Waals surface area contributed by atoms with Gasteiger partial charge in [0.1, 0.15) is 5.75 Å². The van der Waals surface area contributed by atoms with E-state index < -0.39 is 0 Å². The molecule has 0 unspecified atom stereocenters. The molecule has 1 fully saturated rings. The van der Waals surface area contributed by atoms with E-state index in [1.165, 1.54) is 53.5 Å². The summed E-state index contributed by atoms with van der Waals surface area (Å²) in [5.74, 6) is 0.359. The minimum atomic E-state index is 0.359. The zero-order chi connectivity index (χ0) is 12.4. The molecule has 18 heavy (non-hydrogen) atoms. The molecule has 1 N–H and O–H groups in total. The minimum Gasteiger partial charge on any atom is -0.508 e. The van der Waals surface area contributed by atoms with Crippen LogP contribution in [0.5, 0.6) is 5.75 Å². The molecule has 94 valence electrons. The van der Waals surface area contributed by atoms with Crippen molar-refractivity contribution in [2.45, 2.75) is 38.5 Å². The zero-order valence-corrected chi connectivity index (χ0v) is 11.3. The first-order chi connectivity index (χ1) is 8.81. The number of phenolic OH excluding ortho intramolecular Hbond substituents is 1. The van der Waals surface area contributed by atoms with E-state index in [4.69, 9.17) is 0 Å². The number of allylic oxidation sites excluding steroid dienone is 1. The molecule has 2 heteroatoms. The second-order valence-electron chi connectivity index (χ2n) is 5.09. The summed E-state index contributed by atoms with van der Waals surface area (Å²) in [6, 6.07) is 7.85. The summed E-state index contributed by atoms with van der Waals surface area (Å²) in [4.78, 5) is 1.33. The fraction of sp³-hybridized carbons (Fsp3) is 0.375. The molecule has 2 aromatic rings. The van der Waals surface area contributed by atoms with E-state index in [0.717, 1.165) is 0 Å². The molecule has 0 saturated heterocycles. The lowest BCUT2D eigenvalue weighted by atomic mass is 10.1. The van der Waals surface area contributed by atoms with E-state index in [-0.39, 0.29) is 0 Å². The van der Waals surface area contributed by atoms with Crippen LogP contribution in [0.3, 0.4) is 0 Å². The quantitative estimate of drug-likeness (QED) is 0.684. The van der Waals surface area contributed by atoms with Gasteiger partial charge in [0.25, 0.3) is 0 Å². The SMILES string of the molecule is Oc1ccc2cc(C=C3CCCCCC3)sc2c1. The summed E-state index contributed by atoms with van der Waals surface area (Å²) in [7, 11) is 0. The molecule has 1 aliphatic rings. The van der Waals surface area contributed by atoms with Crippen molar-refractivity contribution < 1.29 is 5.11 Å². The van der Waals surface area contributed by atoms with Crippen molar-refractivity contribution in [3.05, 3.63) is 34.7 Å². The van der Waals surface area contributed by atoms with E-state index in [0.29, 0.717) is 5.75 Å². The number of rotatable bonds is 1. The Hall–Kier alpha value is -1.28. The summed E-state index contributed by atoms with van der Waals surface area (Å²) < 4.78 is 1.18. The third kappa shape index (κ3) is 2.59. The Balaban J connectivity index is 1.91. The van der Waals surface area contributed by atoms with Gasteiger partial charge in [-0.3, -0.25) is 0 Å². The van der Waals surface area contributed by atoms with Gasteiger partial charge in [-0.1, -0.05) is 18.4 Å². The van der Waals surface area contributed by atoms with E-state index in [1.807, 2.05) is 12.1 Å². The number of thiophene rings is 1. The lowest BCUT2D eigenvalue weighted by Crippen LogP contribution is -1.79. The monoisotopic (exact) mass is 258 g/mol. The van der Waals surface area contributed by atoms with E-state index in [2.05, 4.69) is 12.1 Å². The van der Waals surface area contributed by atoms with Crippen LogP contribution < -0.4 is 0 Å². The highest BCUT2D eigenvalue weighted by Gasteiger charge is 2.06. The average Bonchev–Trinajstić information content (AvgIpc) is 2.57. The van der Waals surface area contributed by atoms with Crippen LogP contribution in [0.15, 0.2) is 29.8 Å². The van der Waals surface area contributed by atoms with Gasteiger partial charge in [-0.15, -0.1) is 11.3 Å². The average molecular weight is 258 g/mol. The number of phenols is 1. The molecule has 1 heterocycles. The molecule has 3 rings (SSSR count). The molecule has 0 aliphatic heterocycles. The molecule has 0 amide bonds. The van der Waals surface area contributed by atoms with Gasteiger partial charge >= 0.3 is 0 Å². The van der Waals surface area contributed by atoms with E-state index in [1.54, 1.807) is 23.0 Å². The predicted molar refractivity (Wildman–Crippen MR) is 79.2 cm³/mol. The maximum atomic E-state index is 9.49. The van der Waals surface area contributed by atoms with Crippen LogP contribution in [0.4, 0.5) is 0 Å². The Labute approximate surface area is 112 Å². The van der Waals surface area contributed by atoms with Gasteiger partial charge in [0, 0.05) is 9.58 Å². The lowest BCUT2D eigenvalue weighted by Gasteiger charge is -2.00. The molecule has 0 atom stereocenters. The number of hydrogen-bond acceptors (Lipinski definition) is 2. The minimum absolute atomic E-state index is 0.359. The summed E-state index contributed by atoms with van der Waals surface area (Å²) >= 11 is 1.78. The number of benzene rings is 1. The normalized spacial score (nSPS) is 16.8. The maximum absolute atomic E-state index is 9.49. The highest BCUT2D eigenvalue weighted by Crippen LogP contribution is 2.32. The molecular formula is C16H18OS. The molecule has 1 aromatic carbocycles. The number of hydrogen-bond donors (Lipinski definition) is 1. The van der Waals surface area contributed by atoms with Crippen LogP contribution in [0.1, 0.15) is 43.4 Å². The number of aromatic hydroxyl groups is 1. The molecule has 1 saturated carbocycles.